The second-order valence-electron chi connectivity index (χ2n) is 5.72. The van der Waals surface area contributed by atoms with Crippen LogP contribution < -0.4 is 5.32 Å². The molecule has 0 bridgehead atoms. The van der Waals surface area contributed by atoms with Gasteiger partial charge in [0, 0.05) is 12.0 Å². The molecule has 1 aliphatic rings. The SMILES string of the molecule is CCc1ccc(CNC2(CO)CCCC(C)C2)o1. The second kappa shape index (κ2) is 5.89. The summed E-state index contributed by atoms with van der Waals surface area (Å²) in [6, 6.07) is 4.06. The molecule has 1 aromatic heterocycles. The molecule has 2 rings (SSSR count). The summed E-state index contributed by atoms with van der Waals surface area (Å²) in [6.45, 7) is 5.30. The molecule has 2 unspecified atom stereocenters. The molecular formula is C15H25NO2. The van der Waals surface area contributed by atoms with E-state index in [0.29, 0.717) is 12.5 Å². The van der Waals surface area contributed by atoms with Crippen LogP contribution in [0, 0.1) is 5.92 Å². The van der Waals surface area contributed by atoms with Crippen LogP contribution in [0.2, 0.25) is 0 Å². The highest BCUT2D eigenvalue weighted by molar-refractivity contribution is 5.07. The third-order valence-electron chi connectivity index (χ3n) is 4.10. The van der Waals surface area contributed by atoms with Crippen molar-refractivity contribution in [1.29, 1.82) is 0 Å². The van der Waals surface area contributed by atoms with Crippen molar-refractivity contribution in [2.75, 3.05) is 6.61 Å². The lowest BCUT2D eigenvalue weighted by Gasteiger charge is -2.39. The Kier molecular flexibility index (Phi) is 4.46. The summed E-state index contributed by atoms with van der Waals surface area (Å²) in [5.41, 5.74) is -0.100. The van der Waals surface area contributed by atoms with Crippen molar-refractivity contribution in [1.82, 2.24) is 5.32 Å². The van der Waals surface area contributed by atoms with Crippen molar-refractivity contribution in [3.63, 3.8) is 0 Å². The third kappa shape index (κ3) is 3.15. The van der Waals surface area contributed by atoms with Crippen molar-refractivity contribution in [2.45, 2.75) is 58.0 Å². The predicted octanol–water partition coefficient (Wildman–Crippen LogP) is 2.87. The summed E-state index contributed by atoms with van der Waals surface area (Å²) in [7, 11) is 0. The topological polar surface area (TPSA) is 45.4 Å². The van der Waals surface area contributed by atoms with Gasteiger partial charge in [0.05, 0.1) is 13.2 Å². The van der Waals surface area contributed by atoms with Gasteiger partial charge in [0.2, 0.25) is 0 Å². The minimum atomic E-state index is -0.100. The Balaban J connectivity index is 1.93. The average molecular weight is 251 g/mol. The molecule has 1 aliphatic carbocycles. The quantitative estimate of drug-likeness (QED) is 0.846. The number of aliphatic hydroxyl groups excluding tert-OH is 1. The highest BCUT2D eigenvalue weighted by Crippen LogP contribution is 2.32. The van der Waals surface area contributed by atoms with Crippen LogP contribution in [0.1, 0.15) is 51.1 Å². The fourth-order valence-corrected chi connectivity index (χ4v) is 3.00. The molecule has 0 aromatic carbocycles. The number of hydrogen-bond donors (Lipinski definition) is 2. The first-order valence-electron chi connectivity index (χ1n) is 7.11. The monoisotopic (exact) mass is 251 g/mol. The molecule has 2 atom stereocenters. The van der Waals surface area contributed by atoms with Crippen molar-refractivity contribution in [2.24, 2.45) is 5.92 Å². The van der Waals surface area contributed by atoms with Crippen molar-refractivity contribution < 1.29 is 9.52 Å². The van der Waals surface area contributed by atoms with Crippen molar-refractivity contribution in [3.05, 3.63) is 23.7 Å². The van der Waals surface area contributed by atoms with E-state index in [2.05, 4.69) is 19.2 Å². The zero-order valence-electron chi connectivity index (χ0n) is 11.5. The van der Waals surface area contributed by atoms with Crippen LogP contribution in [0.5, 0.6) is 0 Å². The molecule has 3 heteroatoms. The number of rotatable bonds is 5. The van der Waals surface area contributed by atoms with E-state index in [4.69, 9.17) is 4.42 Å². The molecule has 3 nitrogen and oxygen atoms in total. The first-order chi connectivity index (χ1) is 8.67. The van der Waals surface area contributed by atoms with Gasteiger partial charge in [-0.3, -0.25) is 0 Å². The van der Waals surface area contributed by atoms with Gasteiger partial charge >= 0.3 is 0 Å². The van der Waals surface area contributed by atoms with Gasteiger partial charge < -0.3 is 14.8 Å². The number of furan rings is 1. The molecule has 1 heterocycles. The lowest BCUT2D eigenvalue weighted by Crippen LogP contribution is -2.51. The molecule has 1 saturated carbocycles. The standard InChI is InChI=1S/C15H25NO2/c1-3-13-6-7-14(18-13)10-16-15(11-17)8-4-5-12(2)9-15/h6-7,12,16-17H,3-5,8-11H2,1-2H3. The lowest BCUT2D eigenvalue weighted by molar-refractivity contribution is 0.0962. The van der Waals surface area contributed by atoms with Gasteiger partial charge in [-0.2, -0.15) is 0 Å². The van der Waals surface area contributed by atoms with Crippen molar-refractivity contribution >= 4 is 0 Å². The molecule has 18 heavy (non-hydrogen) atoms. The van der Waals surface area contributed by atoms with E-state index in [0.717, 1.165) is 30.8 Å². The summed E-state index contributed by atoms with van der Waals surface area (Å²) < 4.78 is 5.70. The zero-order chi connectivity index (χ0) is 13.0. The molecule has 1 aromatic rings. The maximum absolute atomic E-state index is 9.70. The zero-order valence-corrected chi connectivity index (χ0v) is 11.5. The van der Waals surface area contributed by atoms with Crippen LogP contribution in [0.15, 0.2) is 16.5 Å². The van der Waals surface area contributed by atoms with Crippen LogP contribution in [-0.2, 0) is 13.0 Å². The summed E-state index contributed by atoms with van der Waals surface area (Å²) in [4.78, 5) is 0. The molecule has 0 spiro atoms. The van der Waals surface area contributed by atoms with E-state index in [9.17, 15) is 5.11 Å². The van der Waals surface area contributed by atoms with Crippen LogP contribution in [0.3, 0.4) is 0 Å². The van der Waals surface area contributed by atoms with E-state index < -0.39 is 0 Å². The first kappa shape index (κ1) is 13.6. The summed E-state index contributed by atoms with van der Waals surface area (Å²) in [5, 5.41) is 13.2. The largest absolute Gasteiger partial charge is 0.465 e. The molecule has 1 fully saturated rings. The highest BCUT2D eigenvalue weighted by atomic mass is 16.3. The van der Waals surface area contributed by atoms with Gasteiger partial charge in [-0.15, -0.1) is 0 Å². The first-order valence-corrected chi connectivity index (χ1v) is 7.11. The number of aliphatic hydroxyl groups is 1. The van der Waals surface area contributed by atoms with Crippen molar-refractivity contribution in [3.8, 4) is 0 Å². The Bertz CT molecular complexity index is 374. The van der Waals surface area contributed by atoms with Gasteiger partial charge in [0.15, 0.2) is 0 Å². The molecular weight excluding hydrogens is 226 g/mol. The Labute approximate surface area is 110 Å². The fraction of sp³-hybridized carbons (Fsp3) is 0.733. The minimum absolute atomic E-state index is 0.100. The van der Waals surface area contributed by atoms with Gasteiger partial charge in [-0.25, -0.2) is 0 Å². The van der Waals surface area contributed by atoms with Gasteiger partial charge in [-0.1, -0.05) is 26.7 Å². The Hall–Kier alpha value is -0.800. The van der Waals surface area contributed by atoms with E-state index in [1.54, 1.807) is 0 Å². The highest BCUT2D eigenvalue weighted by Gasteiger charge is 2.33. The lowest BCUT2D eigenvalue weighted by atomic mass is 9.77. The van der Waals surface area contributed by atoms with Crippen LogP contribution >= 0.6 is 0 Å². The van der Waals surface area contributed by atoms with Crippen LogP contribution in [0.25, 0.3) is 0 Å². The second-order valence-corrected chi connectivity index (χ2v) is 5.72. The van der Waals surface area contributed by atoms with E-state index in [1.165, 1.54) is 12.8 Å². The molecule has 0 amide bonds. The molecule has 0 saturated heterocycles. The maximum Gasteiger partial charge on any atom is 0.117 e. The number of nitrogens with one attached hydrogen (secondary N) is 1. The van der Waals surface area contributed by atoms with Gasteiger partial charge in [-0.05, 0) is 30.9 Å². The maximum atomic E-state index is 9.70. The molecule has 2 N–H and O–H groups in total. The smallest absolute Gasteiger partial charge is 0.117 e. The minimum Gasteiger partial charge on any atom is -0.465 e. The molecule has 0 radical (unpaired) electrons. The summed E-state index contributed by atoms with van der Waals surface area (Å²) >= 11 is 0. The fourth-order valence-electron chi connectivity index (χ4n) is 3.00. The Morgan fingerprint density at radius 3 is 2.83 bits per heavy atom. The van der Waals surface area contributed by atoms with Gasteiger partial charge in [0.1, 0.15) is 11.5 Å². The van der Waals surface area contributed by atoms with Crippen LogP contribution in [0.4, 0.5) is 0 Å². The Morgan fingerprint density at radius 1 is 1.44 bits per heavy atom. The summed E-state index contributed by atoms with van der Waals surface area (Å²) in [5.74, 6) is 2.70. The van der Waals surface area contributed by atoms with E-state index in [1.807, 2.05) is 12.1 Å². The predicted molar refractivity (Wildman–Crippen MR) is 72.4 cm³/mol. The molecule has 0 aliphatic heterocycles. The average Bonchev–Trinajstić information content (AvgIpc) is 2.84. The summed E-state index contributed by atoms with van der Waals surface area (Å²) in [6.07, 6.45) is 5.54. The number of hydrogen-bond acceptors (Lipinski definition) is 3. The van der Waals surface area contributed by atoms with Gasteiger partial charge in [0.25, 0.3) is 0 Å². The normalized spacial score (nSPS) is 28.5. The van der Waals surface area contributed by atoms with Crippen LogP contribution in [-0.4, -0.2) is 17.3 Å². The van der Waals surface area contributed by atoms with E-state index >= 15 is 0 Å². The third-order valence-corrected chi connectivity index (χ3v) is 4.10. The number of aryl methyl sites for hydroxylation is 1. The molecule has 102 valence electrons. The Morgan fingerprint density at radius 2 is 2.22 bits per heavy atom. The van der Waals surface area contributed by atoms with E-state index in [-0.39, 0.29) is 12.1 Å².